The first-order valence-corrected chi connectivity index (χ1v) is 6.87. The van der Waals surface area contributed by atoms with Gasteiger partial charge in [-0.25, -0.2) is 5.10 Å². The van der Waals surface area contributed by atoms with E-state index in [1.807, 2.05) is 33.7 Å². The lowest BCUT2D eigenvalue weighted by Crippen LogP contribution is -2.11. The van der Waals surface area contributed by atoms with Crippen molar-refractivity contribution in [2.75, 3.05) is 0 Å². The van der Waals surface area contributed by atoms with Gasteiger partial charge in [-0.05, 0) is 44.8 Å². The fraction of sp³-hybridized carbons (Fsp3) is 0. The molecule has 0 spiro atoms. The van der Waals surface area contributed by atoms with Crippen molar-refractivity contribution in [2.45, 2.75) is 0 Å². The smallest absolute Gasteiger partial charge is 0.267 e. The van der Waals surface area contributed by atoms with Crippen molar-refractivity contribution in [1.29, 1.82) is 0 Å². The zero-order chi connectivity index (χ0) is 11.7. The van der Waals surface area contributed by atoms with Crippen LogP contribution in [0.3, 0.4) is 0 Å². The van der Waals surface area contributed by atoms with Gasteiger partial charge in [0, 0.05) is 5.56 Å². The summed E-state index contributed by atoms with van der Waals surface area (Å²) in [6.45, 7) is 0. The average molecular weight is 260 g/mol. The number of thiophene rings is 2. The summed E-state index contributed by atoms with van der Waals surface area (Å²) in [4.78, 5) is 11.9. The molecule has 3 rings (SSSR count). The largest absolute Gasteiger partial charge is 0.272 e. The first kappa shape index (κ1) is 10.4. The van der Waals surface area contributed by atoms with Crippen LogP contribution in [0.2, 0.25) is 0 Å². The summed E-state index contributed by atoms with van der Waals surface area (Å²) < 4.78 is 0. The zero-order valence-corrected chi connectivity index (χ0v) is 10.3. The summed E-state index contributed by atoms with van der Waals surface area (Å²) in [5.74, 6) is 0. The van der Waals surface area contributed by atoms with E-state index in [4.69, 9.17) is 0 Å². The van der Waals surface area contributed by atoms with E-state index in [-0.39, 0.29) is 5.56 Å². The third-order valence-electron chi connectivity index (χ3n) is 2.50. The first-order valence-electron chi connectivity index (χ1n) is 4.99. The Morgan fingerprint density at radius 3 is 2.41 bits per heavy atom. The molecule has 0 aromatic carbocycles. The molecule has 0 saturated carbocycles. The van der Waals surface area contributed by atoms with Crippen molar-refractivity contribution in [2.24, 2.45) is 0 Å². The second-order valence-corrected chi connectivity index (χ2v) is 5.07. The SMILES string of the molecule is O=c1[nH]ncc(-c2ccsc2)c1-c1ccsc1. The molecule has 0 bridgehead atoms. The Hall–Kier alpha value is -1.72. The predicted octanol–water partition coefficient (Wildman–Crippen LogP) is 3.23. The summed E-state index contributed by atoms with van der Waals surface area (Å²) >= 11 is 3.19. The topological polar surface area (TPSA) is 45.8 Å². The highest BCUT2D eigenvalue weighted by Gasteiger charge is 2.12. The highest BCUT2D eigenvalue weighted by molar-refractivity contribution is 7.08. The molecular formula is C12H8N2OS2. The monoisotopic (exact) mass is 260 g/mol. The minimum atomic E-state index is -0.146. The van der Waals surface area contributed by atoms with E-state index in [2.05, 4.69) is 10.2 Å². The minimum Gasteiger partial charge on any atom is -0.267 e. The van der Waals surface area contributed by atoms with E-state index in [0.29, 0.717) is 5.56 Å². The molecule has 3 heterocycles. The van der Waals surface area contributed by atoms with Crippen molar-refractivity contribution < 1.29 is 0 Å². The lowest BCUT2D eigenvalue weighted by Gasteiger charge is -2.04. The van der Waals surface area contributed by atoms with Gasteiger partial charge in [0.05, 0.1) is 11.8 Å². The van der Waals surface area contributed by atoms with E-state index in [0.717, 1.165) is 16.7 Å². The number of nitrogens with zero attached hydrogens (tertiary/aromatic N) is 1. The fourth-order valence-corrected chi connectivity index (χ4v) is 3.03. The van der Waals surface area contributed by atoms with Crippen molar-refractivity contribution in [3.8, 4) is 22.3 Å². The normalized spacial score (nSPS) is 10.6. The number of H-pyrrole nitrogens is 1. The van der Waals surface area contributed by atoms with E-state index < -0.39 is 0 Å². The molecule has 3 aromatic heterocycles. The highest BCUT2D eigenvalue weighted by Crippen LogP contribution is 2.30. The van der Waals surface area contributed by atoms with Gasteiger partial charge in [0.1, 0.15) is 0 Å². The van der Waals surface area contributed by atoms with Gasteiger partial charge < -0.3 is 0 Å². The van der Waals surface area contributed by atoms with Crippen LogP contribution >= 0.6 is 22.7 Å². The maximum atomic E-state index is 11.9. The molecule has 0 atom stereocenters. The number of aromatic nitrogens is 2. The van der Waals surface area contributed by atoms with Crippen LogP contribution in [0.15, 0.2) is 44.6 Å². The number of hydrogen-bond donors (Lipinski definition) is 1. The number of aromatic amines is 1. The van der Waals surface area contributed by atoms with Crippen molar-refractivity contribution in [3.05, 3.63) is 50.2 Å². The fourth-order valence-electron chi connectivity index (χ4n) is 1.73. The number of rotatable bonds is 2. The number of hydrogen-bond acceptors (Lipinski definition) is 4. The van der Waals surface area contributed by atoms with Crippen LogP contribution in [0, 0.1) is 0 Å². The van der Waals surface area contributed by atoms with Gasteiger partial charge in [-0.3, -0.25) is 4.79 Å². The maximum absolute atomic E-state index is 11.9. The Bertz CT molecular complexity index is 669. The third-order valence-corrected chi connectivity index (χ3v) is 3.86. The van der Waals surface area contributed by atoms with Crippen LogP contribution in [-0.2, 0) is 0 Å². The van der Waals surface area contributed by atoms with E-state index in [1.54, 1.807) is 28.9 Å². The van der Waals surface area contributed by atoms with Crippen LogP contribution in [0.25, 0.3) is 22.3 Å². The summed E-state index contributed by atoms with van der Waals surface area (Å²) in [6.07, 6.45) is 1.70. The second kappa shape index (κ2) is 4.27. The summed E-state index contributed by atoms with van der Waals surface area (Å²) in [6, 6.07) is 3.95. The molecule has 3 nitrogen and oxygen atoms in total. The standard InChI is InChI=1S/C12H8N2OS2/c15-12-11(9-2-4-17-7-9)10(5-13-14-12)8-1-3-16-6-8/h1-7H,(H,14,15). The van der Waals surface area contributed by atoms with Crippen LogP contribution in [0.4, 0.5) is 0 Å². The van der Waals surface area contributed by atoms with Crippen molar-refractivity contribution >= 4 is 22.7 Å². The zero-order valence-electron chi connectivity index (χ0n) is 8.71. The Morgan fingerprint density at radius 1 is 1.06 bits per heavy atom. The quantitative estimate of drug-likeness (QED) is 0.769. The molecule has 0 aliphatic rings. The van der Waals surface area contributed by atoms with Crippen LogP contribution in [0.1, 0.15) is 0 Å². The lowest BCUT2D eigenvalue weighted by molar-refractivity contribution is 0.994. The maximum Gasteiger partial charge on any atom is 0.272 e. The van der Waals surface area contributed by atoms with Gasteiger partial charge in [-0.15, -0.1) is 0 Å². The molecule has 0 unspecified atom stereocenters. The van der Waals surface area contributed by atoms with Crippen LogP contribution in [-0.4, -0.2) is 10.2 Å². The van der Waals surface area contributed by atoms with Crippen LogP contribution < -0.4 is 5.56 Å². The molecule has 0 aliphatic heterocycles. The van der Waals surface area contributed by atoms with Gasteiger partial charge in [0.15, 0.2) is 0 Å². The predicted molar refractivity (Wildman–Crippen MR) is 71.5 cm³/mol. The summed E-state index contributed by atoms with van der Waals surface area (Å²) in [5, 5.41) is 14.3. The van der Waals surface area contributed by atoms with Gasteiger partial charge >= 0.3 is 0 Å². The van der Waals surface area contributed by atoms with E-state index >= 15 is 0 Å². The van der Waals surface area contributed by atoms with E-state index in [1.165, 1.54) is 0 Å². The molecule has 5 heteroatoms. The summed E-state index contributed by atoms with van der Waals surface area (Å²) in [7, 11) is 0. The minimum absolute atomic E-state index is 0.146. The van der Waals surface area contributed by atoms with Gasteiger partial charge in [-0.1, -0.05) is 0 Å². The second-order valence-electron chi connectivity index (χ2n) is 3.51. The molecule has 0 aliphatic carbocycles. The Kier molecular flexibility index (Phi) is 2.62. The first-order chi connectivity index (χ1) is 8.36. The van der Waals surface area contributed by atoms with Crippen LogP contribution in [0.5, 0.6) is 0 Å². The molecule has 0 amide bonds. The molecular weight excluding hydrogens is 252 g/mol. The molecule has 17 heavy (non-hydrogen) atoms. The van der Waals surface area contributed by atoms with Crippen molar-refractivity contribution in [3.63, 3.8) is 0 Å². The van der Waals surface area contributed by atoms with Gasteiger partial charge in [0.25, 0.3) is 5.56 Å². The lowest BCUT2D eigenvalue weighted by atomic mass is 10.0. The van der Waals surface area contributed by atoms with Gasteiger partial charge in [-0.2, -0.15) is 27.8 Å². The Labute approximate surface area is 105 Å². The number of nitrogens with one attached hydrogen (secondary N) is 1. The molecule has 3 aromatic rings. The molecule has 0 saturated heterocycles. The van der Waals surface area contributed by atoms with Crippen molar-refractivity contribution in [1.82, 2.24) is 10.2 Å². The molecule has 84 valence electrons. The van der Waals surface area contributed by atoms with Gasteiger partial charge in [0.2, 0.25) is 0 Å². The highest BCUT2D eigenvalue weighted by atomic mass is 32.1. The summed E-state index contributed by atoms with van der Waals surface area (Å²) in [5.41, 5.74) is 3.41. The third kappa shape index (κ3) is 1.83. The Balaban J connectivity index is 2.30. The Morgan fingerprint density at radius 2 is 1.76 bits per heavy atom. The average Bonchev–Trinajstić information content (AvgIpc) is 3.02. The molecule has 0 fully saturated rings. The van der Waals surface area contributed by atoms with E-state index in [9.17, 15) is 4.79 Å². The molecule has 0 radical (unpaired) electrons. The molecule has 1 N–H and O–H groups in total.